The second-order valence-corrected chi connectivity index (χ2v) is 7.26. The molecule has 0 unspecified atom stereocenters. The van der Waals surface area contributed by atoms with Crippen LogP contribution in [0.1, 0.15) is 31.1 Å². The number of fused-ring (bicyclic) bond motifs is 1. The topological polar surface area (TPSA) is 103 Å². The van der Waals surface area contributed by atoms with Crippen molar-refractivity contribution in [2.45, 2.75) is 33.2 Å². The SMILES string of the molecule is C=C(C)\C(=C/C(/C=C\C(=O)N(C)Cc1oc2ccccc2c1C)=C\N)CCC(N)=O. The van der Waals surface area contributed by atoms with Gasteiger partial charge in [-0.25, -0.2) is 0 Å². The normalized spacial score (nSPS) is 12.5. The van der Waals surface area contributed by atoms with Crippen molar-refractivity contribution in [2.24, 2.45) is 11.5 Å². The molecule has 2 aromatic rings. The van der Waals surface area contributed by atoms with E-state index in [1.54, 1.807) is 24.1 Å². The largest absolute Gasteiger partial charge is 0.459 e. The Labute approximate surface area is 177 Å². The van der Waals surface area contributed by atoms with Gasteiger partial charge in [0, 0.05) is 36.7 Å². The fourth-order valence-corrected chi connectivity index (χ4v) is 2.98. The molecule has 30 heavy (non-hydrogen) atoms. The van der Waals surface area contributed by atoms with Crippen LogP contribution >= 0.6 is 0 Å². The number of carbonyl (C=O) groups excluding carboxylic acids is 2. The highest BCUT2D eigenvalue weighted by atomic mass is 16.3. The van der Waals surface area contributed by atoms with Crippen molar-refractivity contribution in [3.8, 4) is 0 Å². The summed E-state index contributed by atoms with van der Waals surface area (Å²) < 4.78 is 5.89. The summed E-state index contributed by atoms with van der Waals surface area (Å²) in [6, 6.07) is 7.80. The maximum absolute atomic E-state index is 12.6. The van der Waals surface area contributed by atoms with Gasteiger partial charge in [0.15, 0.2) is 0 Å². The minimum Gasteiger partial charge on any atom is -0.459 e. The average Bonchev–Trinajstić information content (AvgIpc) is 3.02. The van der Waals surface area contributed by atoms with E-state index in [0.29, 0.717) is 18.5 Å². The van der Waals surface area contributed by atoms with Crippen molar-refractivity contribution in [2.75, 3.05) is 7.05 Å². The second-order valence-electron chi connectivity index (χ2n) is 7.26. The van der Waals surface area contributed by atoms with E-state index in [-0.39, 0.29) is 18.2 Å². The third-order valence-corrected chi connectivity index (χ3v) is 4.84. The molecular weight excluding hydrogens is 378 g/mol. The van der Waals surface area contributed by atoms with E-state index in [9.17, 15) is 9.59 Å². The first-order valence-electron chi connectivity index (χ1n) is 9.69. The van der Waals surface area contributed by atoms with Crippen molar-refractivity contribution in [3.05, 3.63) is 83.3 Å². The summed E-state index contributed by atoms with van der Waals surface area (Å²) in [6.45, 7) is 8.11. The highest BCUT2D eigenvalue weighted by Crippen LogP contribution is 2.25. The van der Waals surface area contributed by atoms with Crippen LogP contribution < -0.4 is 11.5 Å². The smallest absolute Gasteiger partial charge is 0.246 e. The number of carbonyl (C=O) groups is 2. The molecule has 0 radical (unpaired) electrons. The number of primary amides is 1. The lowest BCUT2D eigenvalue weighted by atomic mass is 10.0. The Morgan fingerprint density at radius 1 is 1.20 bits per heavy atom. The average molecular weight is 408 g/mol. The number of nitrogens with two attached hydrogens (primary N) is 2. The van der Waals surface area contributed by atoms with Crippen LogP contribution in [0.15, 0.2) is 76.4 Å². The molecule has 0 aliphatic heterocycles. The maximum Gasteiger partial charge on any atom is 0.246 e. The van der Waals surface area contributed by atoms with E-state index < -0.39 is 0 Å². The molecule has 2 amide bonds. The summed E-state index contributed by atoms with van der Waals surface area (Å²) in [5, 5.41) is 1.05. The Kier molecular flexibility index (Phi) is 7.81. The lowest BCUT2D eigenvalue weighted by molar-refractivity contribution is -0.125. The minimum atomic E-state index is -0.381. The highest BCUT2D eigenvalue weighted by molar-refractivity contribution is 5.88. The molecule has 6 heteroatoms. The minimum absolute atomic E-state index is 0.184. The highest BCUT2D eigenvalue weighted by Gasteiger charge is 2.14. The number of hydrogen-bond donors (Lipinski definition) is 2. The van der Waals surface area contributed by atoms with Crippen molar-refractivity contribution in [3.63, 3.8) is 0 Å². The van der Waals surface area contributed by atoms with E-state index in [4.69, 9.17) is 15.9 Å². The van der Waals surface area contributed by atoms with Crippen LogP contribution in [0.2, 0.25) is 0 Å². The molecule has 0 spiro atoms. The molecule has 0 atom stereocenters. The van der Waals surface area contributed by atoms with E-state index in [1.165, 1.54) is 12.3 Å². The lowest BCUT2D eigenvalue weighted by Gasteiger charge is -2.14. The summed E-state index contributed by atoms with van der Waals surface area (Å²) in [5.41, 5.74) is 15.1. The number of para-hydroxylation sites is 1. The predicted molar refractivity (Wildman–Crippen MR) is 120 cm³/mol. The molecule has 2 rings (SSSR count). The molecule has 0 saturated heterocycles. The molecule has 1 aromatic carbocycles. The molecular formula is C24H29N3O3. The van der Waals surface area contributed by atoms with Gasteiger partial charge in [0.25, 0.3) is 0 Å². The van der Waals surface area contributed by atoms with Gasteiger partial charge in [-0.1, -0.05) is 36.4 Å². The number of furan rings is 1. The van der Waals surface area contributed by atoms with Gasteiger partial charge < -0.3 is 20.8 Å². The van der Waals surface area contributed by atoms with E-state index in [0.717, 1.165) is 33.4 Å². The monoisotopic (exact) mass is 407 g/mol. The first-order valence-corrected chi connectivity index (χ1v) is 9.69. The zero-order valence-corrected chi connectivity index (χ0v) is 17.8. The third-order valence-electron chi connectivity index (χ3n) is 4.84. The van der Waals surface area contributed by atoms with Crippen LogP contribution in [0.3, 0.4) is 0 Å². The van der Waals surface area contributed by atoms with Crippen LogP contribution in [-0.2, 0) is 16.1 Å². The molecule has 0 aliphatic carbocycles. The Balaban J connectivity index is 2.09. The summed E-state index contributed by atoms with van der Waals surface area (Å²) in [4.78, 5) is 25.2. The van der Waals surface area contributed by atoms with E-state index >= 15 is 0 Å². The van der Waals surface area contributed by atoms with Crippen LogP contribution in [0.4, 0.5) is 0 Å². The molecule has 0 aliphatic rings. The van der Waals surface area contributed by atoms with E-state index in [1.807, 2.05) is 38.1 Å². The molecule has 6 nitrogen and oxygen atoms in total. The number of amides is 2. The molecule has 0 fully saturated rings. The standard InChI is InChI=1S/C24H29N3O3/c1-16(2)19(10-11-23(26)28)13-18(14-25)9-12-24(29)27(4)15-22-17(3)20-7-5-6-8-21(20)30-22/h5-9,12-14H,1,10-11,15,25H2,2-4H3,(H2,26,28)/b12-9-,18-14-,19-13-. The van der Waals surface area contributed by atoms with Gasteiger partial charge in [-0.3, -0.25) is 9.59 Å². The third kappa shape index (κ3) is 5.98. The number of aryl methyl sites for hydroxylation is 1. The summed E-state index contributed by atoms with van der Waals surface area (Å²) in [5.74, 6) is 0.191. The van der Waals surface area contributed by atoms with Gasteiger partial charge in [0.05, 0.1) is 6.54 Å². The van der Waals surface area contributed by atoms with Crippen LogP contribution in [-0.4, -0.2) is 23.8 Å². The summed E-state index contributed by atoms with van der Waals surface area (Å²) in [6.07, 6.45) is 6.99. The van der Waals surface area contributed by atoms with Gasteiger partial charge in [0.2, 0.25) is 11.8 Å². The number of nitrogens with zero attached hydrogens (tertiary/aromatic N) is 1. The molecule has 1 heterocycles. The van der Waals surface area contributed by atoms with E-state index in [2.05, 4.69) is 6.58 Å². The van der Waals surface area contributed by atoms with Crippen molar-refractivity contribution in [1.82, 2.24) is 4.90 Å². The van der Waals surface area contributed by atoms with Crippen molar-refractivity contribution >= 4 is 22.8 Å². The Hall–Kier alpha value is -3.54. The zero-order chi connectivity index (χ0) is 22.3. The van der Waals surface area contributed by atoms with Crippen molar-refractivity contribution < 1.29 is 14.0 Å². The number of hydrogen-bond acceptors (Lipinski definition) is 4. The Bertz CT molecular complexity index is 1040. The number of allylic oxidation sites excluding steroid dienone is 5. The lowest BCUT2D eigenvalue weighted by Crippen LogP contribution is -2.24. The van der Waals surface area contributed by atoms with Gasteiger partial charge in [0.1, 0.15) is 11.3 Å². The maximum atomic E-state index is 12.6. The fourth-order valence-electron chi connectivity index (χ4n) is 2.98. The van der Waals surface area contributed by atoms with Crippen LogP contribution in [0.25, 0.3) is 11.0 Å². The molecule has 4 N–H and O–H groups in total. The van der Waals surface area contributed by atoms with Crippen LogP contribution in [0, 0.1) is 6.92 Å². The van der Waals surface area contributed by atoms with Crippen molar-refractivity contribution in [1.29, 1.82) is 0 Å². The summed E-state index contributed by atoms with van der Waals surface area (Å²) in [7, 11) is 1.72. The quantitative estimate of drug-likeness (QED) is 0.486. The Morgan fingerprint density at radius 2 is 1.90 bits per heavy atom. The molecule has 158 valence electrons. The summed E-state index contributed by atoms with van der Waals surface area (Å²) >= 11 is 0. The molecule has 0 bridgehead atoms. The Morgan fingerprint density at radius 3 is 2.50 bits per heavy atom. The molecule has 1 aromatic heterocycles. The van der Waals surface area contributed by atoms with Gasteiger partial charge in [-0.15, -0.1) is 0 Å². The zero-order valence-electron chi connectivity index (χ0n) is 17.8. The fraction of sp³-hybridized carbons (Fsp3) is 0.250. The van der Waals surface area contributed by atoms with Gasteiger partial charge in [-0.2, -0.15) is 0 Å². The predicted octanol–water partition coefficient (Wildman–Crippen LogP) is 3.87. The number of benzene rings is 1. The number of likely N-dealkylation sites (N-methyl/N-ethyl adjacent to an activating group) is 1. The number of rotatable bonds is 9. The van der Waals surface area contributed by atoms with Gasteiger partial charge >= 0.3 is 0 Å². The first kappa shape index (κ1) is 22.7. The van der Waals surface area contributed by atoms with Gasteiger partial charge in [-0.05, 0) is 43.6 Å². The van der Waals surface area contributed by atoms with Crippen LogP contribution in [0.5, 0.6) is 0 Å². The first-order chi connectivity index (χ1) is 14.2. The molecule has 0 saturated carbocycles. The second kappa shape index (κ2) is 10.3.